The number of aliphatic carboxylic acids is 1. The van der Waals surface area contributed by atoms with E-state index in [2.05, 4.69) is 5.32 Å². The zero-order chi connectivity index (χ0) is 41.3. The fraction of sp³-hybridized carbons (Fsp3) is 0.381. The van der Waals surface area contributed by atoms with Gasteiger partial charge in [-0.15, -0.1) is 11.8 Å². The number of carbonyl (C=O) groups is 6. The van der Waals surface area contributed by atoms with Crippen molar-refractivity contribution in [3.05, 3.63) is 110 Å². The monoisotopic (exact) mass is 775 g/mol. The molecule has 1 aromatic rings. The number of carboxylic acids is 1. The number of hydrogen-bond donors (Lipinski definition) is 6. The van der Waals surface area contributed by atoms with Crippen molar-refractivity contribution in [2.24, 2.45) is 17.8 Å². The van der Waals surface area contributed by atoms with Crippen LogP contribution < -0.4 is 5.32 Å². The number of amides is 1. The standard InChI is InChI=1S/C42H49NO11S/c1-21-11-9-8-10-12-24(4)42(54)43-35-39(52)29-18-27(7)38(51)34(33(29)40(53)41(35)55-20-32(47)48)37(50)26(6)17-25(5)36(49)23(3)14-16-28(44)15-13-22(2)31(46)19-30(21)45/h8-14,16-18,21,23,25,28,30,36,44-45,49,51H,15,19-20H2,1-7H3,(H,43,54)(H,47,48)/b10-8+,11-9+,16-14+,22-13-,24-12-,26-17-/t21-,23-,25-,28-,30-,36-/m0/s1. The second kappa shape index (κ2) is 19.6. The number of hydrogen-bond acceptors (Lipinski definition) is 11. The van der Waals surface area contributed by atoms with Gasteiger partial charge in [0.05, 0.1) is 34.5 Å². The van der Waals surface area contributed by atoms with Crippen molar-refractivity contribution in [3.8, 4) is 5.75 Å². The van der Waals surface area contributed by atoms with Gasteiger partial charge in [0.1, 0.15) is 11.4 Å². The van der Waals surface area contributed by atoms with Gasteiger partial charge in [-0.1, -0.05) is 75.5 Å². The maximum atomic E-state index is 14.2. The second-order valence-corrected chi connectivity index (χ2v) is 15.0. The Kier molecular flexibility index (Phi) is 15.8. The highest BCUT2D eigenvalue weighted by Gasteiger charge is 2.39. The first-order valence-electron chi connectivity index (χ1n) is 17.8. The van der Waals surface area contributed by atoms with Crippen molar-refractivity contribution in [1.82, 2.24) is 5.32 Å². The molecular formula is C42H49NO11S. The number of thioether (sulfide) groups is 1. The van der Waals surface area contributed by atoms with E-state index in [0.717, 1.165) is 0 Å². The number of ketones is 4. The van der Waals surface area contributed by atoms with Crippen LogP contribution in [-0.4, -0.2) is 84.6 Å². The molecule has 55 heavy (non-hydrogen) atoms. The number of carbonyl (C=O) groups excluding carboxylic acids is 5. The molecule has 0 fully saturated rings. The van der Waals surface area contributed by atoms with Crippen LogP contribution in [0.15, 0.2) is 88.1 Å². The summed E-state index contributed by atoms with van der Waals surface area (Å²) in [4.78, 5) is 79.4. The Bertz CT molecular complexity index is 1960. The Morgan fingerprint density at radius 3 is 2.13 bits per heavy atom. The van der Waals surface area contributed by atoms with E-state index in [4.69, 9.17) is 0 Å². The Morgan fingerprint density at radius 2 is 1.47 bits per heavy atom. The van der Waals surface area contributed by atoms with Crippen molar-refractivity contribution in [1.29, 1.82) is 0 Å². The average Bonchev–Trinajstić information content (AvgIpc) is 3.13. The van der Waals surface area contributed by atoms with Gasteiger partial charge in [0.15, 0.2) is 11.6 Å². The topological polar surface area (TPSA) is 216 Å². The van der Waals surface area contributed by atoms with E-state index in [1.165, 1.54) is 51.1 Å². The fourth-order valence-corrected chi connectivity index (χ4v) is 6.69. The molecule has 0 radical (unpaired) electrons. The SMILES string of the molecule is C/C1=C/C[C@H](O)/C=C/[C@H](C)[C@H](O)[C@@H](C)/C=C(/C)C(=O)c2c(O)c(C)cc3c2C(=O)C(SCC(=O)O)=C(NC(=O)\C(C)=C/C=C/C=C/[C@H](C)[C@@H](O)CC1=O)C3=O. The van der Waals surface area contributed by atoms with E-state index in [1.54, 1.807) is 58.1 Å². The number of phenols is 1. The van der Waals surface area contributed by atoms with Crippen LogP contribution in [0.2, 0.25) is 0 Å². The summed E-state index contributed by atoms with van der Waals surface area (Å²) in [6, 6.07) is 1.23. The van der Waals surface area contributed by atoms with Crippen molar-refractivity contribution in [2.75, 3.05) is 5.75 Å². The van der Waals surface area contributed by atoms with Gasteiger partial charge in [-0.05, 0) is 56.9 Å². The third-order valence-corrected chi connectivity index (χ3v) is 10.5. The fourth-order valence-electron chi connectivity index (χ4n) is 5.90. The molecule has 3 aliphatic rings. The van der Waals surface area contributed by atoms with Crippen LogP contribution >= 0.6 is 11.8 Å². The van der Waals surface area contributed by atoms with E-state index in [1.807, 2.05) is 0 Å². The van der Waals surface area contributed by atoms with E-state index in [9.17, 15) is 54.3 Å². The number of aryl methyl sites for hydroxylation is 1. The minimum atomic E-state index is -1.32. The van der Waals surface area contributed by atoms with Gasteiger partial charge in [0, 0.05) is 40.9 Å². The molecule has 0 saturated heterocycles. The third kappa shape index (κ3) is 11.3. The molecule has 1 amide bonds. The molecule has 1 aromatic carbocycles. The van der Waals surface area contributed by atoms with Gasteiger partial charge in [-0.25, -0.2) is 0 Å². The van der Waals surface area contributed by atoms with E-state index < -0.39 is 98.5 Å². The Hall–Kier alpha value is -4.95. The van der Waals surface area contributed by atoms with Crippen LogP contribution in [0.1, 0.15) is 91.0 Å². The van der Waals surface area contributed by atoms with Crippen LogP contribution in [0.5, 0.6) is 5.75 Å². The number of aliphatic hydroxyl groups excluding tert-OH is 3. The van der Waals surface area contributed by atoms with E-state index in [-0.39, 0.29) is 40.9 Å². The summed E-state index contributed by atoms with van der Waals surface area (Å²) in [6.45, 7) is 11.0. The maximum Gasteiger partial charge on any atom is 0.313 e. The lowest BCUT2D eigenvalue weighted by Crippen LogP contribution is -2.35. The molecule has 6 N–H and O–H groups in total. The van der Waals surface area contributed by atoms with Crippen molar-refractivity contribution in [3.63, 3.8) is 0 Å². The molecule has 4 bridgehead atoms. The molecule has 0 saturated carbocycles. The highest BCUT2D eigenvalue weighted by molar-refractivity contribution is 8.04. The highest BCUT2D eigenvalue weighted by Crippen LogP contribution is 2.39. The predicted octanol–water partition coefficient (Wildman–Crippen LogP) is 5.27. The Morgan fingerprint density at radius 1 is 0.800 bits per heavy atom. The zero-order valence-corrected chi connectivity index (χ0v) is 32.8. The van der Waals surface area contributed by atoms with Gasteiger partial charge in [0.25, 0.3) is 5.91 Å². The van der Waals surface area contributed by atoms with Crippen LogP contribution in [0.3, 0.4) is 0 Å². The first kappa shape index (κ1) is 44.4. The van der Waals surface area contributed by atoms with Gasteiger partial charge >= 0.3 is 5.97 Å². The molecule has 12 nitrogen and oxygen atoms in total. The minimum absolute atomic E-state index is 0.0337. The smallest absolute Gasteiger partial charge is 0.313 e. The summed E-state index contributed by atoms with van der Waals surface area (Å²) < 4.78 is 0. The van der Waals surface area contributed by atoms with Gasteiger partial charge in [-0.3, -0.25) is 28.8 Å². The number of aliphatic hydroxyl groups is 3. The number of phenolic OH excluding ortho intramolecular Hbond substituents is 1. The van der Waals surface area contributed by atoms with Crippen molar-refractivity contribution in [2.45, 2.75) is 79.6 Å². The summed E-state index contributed by atoms with van der Waals surface area (Å²) in [5, 5.41) is 55.3. The molecule has 294 valence electrons. The van der Waals surface area contributed by atoms with Crippen LogP contribution in [-0.2, 0) is 14.4 Å². The van der Waals surface area contributed by atoms with E-state index >= 15 is 0 Å². The number of benzene rings is 1. The van der Waals surface area contributed by atoms with Crippen LogP contribution in [0.4, 0.5) is 0 Å². The van der Waals surface area contributed by atoms with Gasteiger partial charge in [-0.2, -0.15) is 0 Å². The minimum Gasteiger partial charge on any atom is -0.507 e. The summed E-state index contributed by atoms with van der Waals surface area (Å²) in [7, 11) is 0. The van der Waals surface area contributed by atoms with Crippen molar-refractivity contribution >= 4 is 46.8 Å². The number of carboxylic acid groups (broad SMARTS) is 1. The number of fused-ring (bicyclic) bond motifs is 18. The molecule has 0 unspecified atom stereocenters. The molecular weight excluding hydrogens is 727 g/mol. The summed E-state index contributed by atoms with van der Waals surface area (Å²) in [5.41, 5.74) is -1.04. The first-order chi connectivity index (χ1) is 25.8. The number of rotatable bonds is 3. The third-order valence-electron chi connectivity index (χ3n) is 9.46. The molecule has 2 aliphatic heterocycles. The quantitative estimate of drug-likeness (QED) is 0.217. The largest absolute Gasteiger partial charge is 0.507 e. The number of allylic oxidation sites excluding steroid dienone is 8. The predicted molar refractivity (Wildman–Crippen MR) is 210 cm³/mol. The normalized spacial score (nSPS) is 30.1. The average molecular weight is 776 g/mol. The molecule has 0 spiro atoms. The number of Topliss-reactive ketones (excluding diaryl/α,β-unsaturated/α-hetero) is 4. The first-order valence-corrected chi connectivity index (χ1v) is 18.8. The van der Waals surface area contributed by atoms with Crippen LogP contribution in [0.25, 0.3) is 0 Å². The summed E-state index contributed by atoms with van der Waals surface area (Å²) in [6.07, 6.45) is 10.9. The maximum absolute atomic E-state index is 14.2. The Balaban J connectivity index is 2.17. The molecule has 6 atom stereocenters. The van der Waals surface area contributed by atoms with Crippen LogP contribution in [0, 0.1) is 24.7 Å². The molecule has 2 heterocycles. The van der Waals surface area contributed by atoms with E-state index in [0.29, 0.717) is 17.3 Å². The lowest BCUT2D eigenvalue weighted by molar-refractivity contribution is -0.134. The number of aromatic hydroxyl groups is 1. The molecule has 1 aliphatic carbocycles. The molecule has 4 rings (SSSR count). The van der Waals surface area contributed by atoms with Gasteiger partial charge in [0.2, 0.25) is 11.6 Å². The molecule has 13 heteroatoms. The summed E-state index contributed by atoms with van der Waals surface area (Å²) >= 11 is 0.487. The van der Waals surface area contributed by atoms with Gasteiger partial charge < -0.3 is 30.8 Å². The Labute approximate surface area is 324 Å². The zero-order valence-electron chi connectivity index (χ0n) is 32.0. The lowest BCUT2D eigenvalue weighted by atomic mass is 9.83. The lowest BCUT2D eigenvalue weighted by Gasteiger charge is -2.25. The number of nitrogens with one attached hydrogen (secondary N) is 1. The molecule has 0 aromatic heterocycles. The summed E-state index contributed by atoms with van der Waals surface area (Å²) in [5.74, 6) is -7.80. The second-order valence-electron chi connectivity index (χ2n) is 14.0. The highest BCUT2D eigenvalue weighted by atomic mass is 32.2. The van der Waals surface area contributed by atoms with Crippen molar-refractivity contribution < 1.29 is 54.3 Å².